The van der Waals surface area contributed by atoms with Gasteiger partial charge in [0.25, 0.3) is 5.91 Å². The number of carboxylic acid groups (broad SMARTS) is 2. The average molecular weight is 1060 g/mol. The van der Waals surface area contributed by atoms with Gasteiger partial charge in [-0.2, -0.15) is 0 Å². The van der Waals surface area contributed by atoms with Crippen LogP contribution in [0.25, 0.3) is 0 Å². The summed E-state index contributed by atoms with van der Waals surface area (Å²) in [5.41, 5.74) is 7.50. The van der Waals surface area contributed by atoms with Gasteiger partial charge in [-0.15, -0.1) is 0 Å². The van der Waals surface area contributed by atoms with Crippen LogP contribution in [-0.4, -0.2) is 82.9 Å². The summed E-state index contributed by atoms with van der Waals surface area (Å²) in [6.07, 6.45) is 2.01. The highest BCUT2D eigenvalue weighted by atomic mass is 19.1. The summed E-state index contributed by atoms with van der Waals surface area (Å²) in [6.45, 7) is 10.5. The van der Waals surface area contributed by atoms with Crippen molar-refractivity contribution in [2.75, 3.05) is 37.7 Å². The highest BCUT2D eigenvalue weighted by Crippen LogP contribution is 2.50. The highest BCUT2D eigenvalue weighted by molar-refractivity contribution is 6.02. The Balaban J connectivity index is 1.87. The normalized spacial score (nSPS) is 13.0. The van der Waals surface area contributed by atoms with E-state index in [0.717, 1.165) is 41.8 Å². The molecule has 1 amide bonds. The van der Waals surface area contributed by atoms with Crippen LogP contribution in [0.15, 0.2) is 115 Å². The summed E-state index contributed by atoms with van der Waals surface area (Å²) in [5, 5.41) is 40.6. The van der Waals surface area contributed by atoms with Crippen molar-refractivity contribution >= 4 is 23.5 Å². The van der Waals surface area contributed by atoms with E-state index in [0.29, 0.717) is 48.2 Å². The zero-order valence-corrected chi connectivity index (χ0v) is 44.6. The van der Waals surface area contributed by atoms with Gasteiger partial charge in [0.2, 0.25) is 0 Å². The second-order valence-electron chi connectivity index (χ2n) is 19.6. The van der Waals surface area contributed by atoms with E-state index in [-0.39, 0.29) is 78.5 Å². The van der Waals surface area contributed by atoms with Gasteiger partial charge in [-0.3, -0.25) is 4.79 Å². The molecule has 6 aromatic carbocycles. The number of aromatic carboxylic acids is 2. The molecule has 6 rings (SSSR count). The Kier molecular flexibility index (Phi) is 21.0. The molecule has 3 atom stereocenters. The fraction of sp³-hybridized carbons (Fsp3) is 0.361. The van der Waals surface area contributed by atoms with Crippen molar-refractivity contribution in [1.82, 2.24) is 15.5 Å². The Hall–Kier alpha value is -7.11. The zero-order chi connectivity index (χ0) is 56.0. The first kappa shape index (κ1) is 59.1. The molecule has 0 aliphatic carbocycles. The summed E-state index contributed by atoms with van der Waals surface area (Å²) < 4.78 is 70.2. The molecule has 0 aliphatic rings. The lowest BCUT2D eigenvalue weighted by Gasteiger charge is -2.53. The van der Waals surface area contributed by atoms with Crippen molar-refractivity contribution in [3.05, 3.63) is 200 Å². The number of anilines is 1. The summed E-state index contributed by atoms with van der Waals surface area (Å²) in [4.78, 5) is 47.3. The molecular formula is C61H71F4N5O7. The lowest BCUT2D eigenvalue weighted by atomic mass is 9.68. The molecule has 0 saturated heterocycles. The number of nitrogens with two attached hydrogens (primary N) is 1. The first-order chi connectivity index (χ1) is 36.9. The van der Waals surface area contributed by atoms with Crippen LogP contribution in [0.2, 0.25) is 0 Å². The maximum absolute atomic E-state index is 15.8. The van der Waals surface area contributed by atoms with E-state index in [1.54, 1.807) is 36.6 Å². The van der Waals surface area contributed by atoms with Gasteiger partial charge in [-0.1, -0.05) is 88.4 Å². The SMILES string of the molecule is CCCN(CCC)C(=O)c1cc(C)cc(C(=O)O)c1[C@@](CN[C@@H](C)CO)([C@@H](N)C(c1cc(F)cc(F)c1)c1cc(F)cc(F)c1)N(CCC)c1c(C(=O)O)ccc(CNCc2cccc(CC)c2)c1OCc1ccccc1. The van der Waals surface area contributed by atoms with Crippen molar-refractivity contribution < 1.29 is 52.0 Å². The van der Waals surface area contributed by atoms with Crippen LogP contribution in [0.4, 0.5) is 23.2 Å². The number of halogens is 4. The van der Waals surface area contributed by atoms with Crippen molar-refractivity contribution in [2.45, 2.75) is 110 Å². The number of aliphatic hydroxyl groups is 1. The first-order valence-electron chi connectivity index (χ1n) is 26.2. The van der Waals surface area contributed by atoms with Gasteiger partial charge in [0.05, 0.1) is 29.0 Å². The van der Waals surface area contributed by atoms with Crippen LogP contribution in [-0.2, 0) is 31.7 Å². The van der Waals surface area contributed by atoms with Gasteiger partial charge in [0.1, 0.15) is 35.6 Å². The summed E-state index contributed by atoms with van der Waals surface area (Å²) >= 11 is 0. The summed E-state index contributed by atoms with van der Waals surface area (Å²) in [7, 11) is 0. The third-order valence-corrected chi connectivity index (χ3v) is 13.8. The predicted octanol–water partition coefficient (Wildman–Crippen LogP) is 10.9. The molecule has 0 fully saturated rings. The fourth-order valence-corrected chi connectivity index (χ4v) is 10.3. The van der Waals surface area contributed by atoms with Crippen LogP contribution < -0.4 is 26.0 Å². The van der Waals surface area contributed by atoms with Crippen molar-refractivity contribution in [3.63, 3.8) is 0 Å². The topological polar surface area (TPSA) is 178 Å². The molecule has 6 aromatic rings. The summed E-state index contributed by atoms with van der Waals surface area (Å²) in [6, 6.07) is 25.5. The monoisotopic (exact) mass is 1060 g/mol. The van der Waals surface area contributed by atoms with E-state index in [2.05, 4.69) is 23.6 Å². The van der Waals surface area contributed by atoms with E-state index >= 15 is 22.4 Å². The predicted molar refractivity (Wildman–Crippen MR) is 292 cm³/mol. The first-order valence-corrected chi connectivity index (χ1v) is 26.2. The Labute approximate surface area is 448 Å². The van der Waals surface area contributed by atoms with Crippen LogP contribution in [0.3, 0.4) is 0 Å². The van der Waals surface area contributed by atoms with Crippen molar-refractivity contribution in [3.8, 4) is 5.75 Å². The molecular weight excluding hydrogens is 991 g/mol. The number of aryl methyl sites for hydroxylation is 2. The second kappa shape index (κ2) is 27.3. The minimum Gasteiger partial charge on any atom is -0.486 e. The number of rotatable bonds is 28. The Morgan fingerprint density at radius 1 is 0.675 bits per heavy atom. The molecule has 0 aliphatic heterocycles. The average Bonchev–Trinajstić information content (AvgIpc) is 3.39. The van der Waals surface area contributed by atoms with Gasteiger partial charge in [0.15, 0.2) is 0 Å². The van der Waals surface area contributed by atoms with Gasteiger partial charge in [-0.25, -0.2) is 27.2 Å². The molecule has 0 saturated carbocycles. The molecule has 0 heterocycles. The van der Waals surface area contributed by atoms with Crippen molar-refractivity contribution in [1.29, 1.82) is 0 Å². The maximum Gasteiger partial charge on any atom is 0.337 e. The lowest BCUT2D eigenvalue weighted by molar-refractivity contribution is 0.0679. The molecule has 0 bridgehead atoms. The van der Waals surface area contributed by atoms with Crippen LogP contribution in [0.5, 0.6) is 5.75 Å². The van der Waals surface area contributed by atoms with Crippen LogP contribution >= 0.6 is 0 Å². The van der Waals surface area contributed by atoms with E-state index < -0.39 is 83.4 Å². The number of carbonyl (C=O) groups is 3. The van der Waals surface area contributed by atoms with E-state index in [9.17, 15) is 24.9 Å². The number of nitrogens with zero attached hydrogens (tertiary/aromatic N) is 2. The third-order valence-electron chi connectivity index (χ3n) is 13.8. The van der Waals surface area contributed by atoms with Gasteiger partial charge >= 0.3 is 11.9 Å². The molecule has 0 radical (unpaired) electrons. The van der Waals surface area contributed by atoms with Gasteiger partial charge in [0, 0.05) is 86.1 Å². The van der Waals surface area contributed by atoms with E-state index in [1.807, 2.05) is 62.4 Å². The Bertz CT molecular complexity index is 2900. The number of nitrogens with one attached hydrogen (secondary N) is 2. The minimum absolute atomic E-state index is 0.0319. The van der Waals surface area contributed by atoms with E-state index in [1.165, 1.54) is 18.2 Å². The van der Waals surface area contributed by atoms with Gasteiger partial charge in [-0.05, 0) is 115 Å². The molecule has 0 aromatic heterocycles. The molecule has 0 unspecified atom stereocenters. The van der Waals surface area contributed by atoms with E-state index in [4.69, 9.17) is 10.5 Å². The lowest BCUT2D eigenvalue weighted by Crippen LogP contribution is -2.66. The number of benzene rings is 6. The van der Waals surface area contributed by atoms with Crippen LogP contribution in [0.1, 0.15) is 135 Å². The third kappa shape index (κ3) is 14.1. The molecule has 12 nitrogen and oxygen atoms in total. The smallest absolute Gasteiger partial charge is 0.337 e. The fourth-order valence-electron chi connectivity index (χ4n) is 10.3. The number of amides is 1. The molecule has 16 heteroatoms. The molecule has 7 N–H and O–H groups in total. The highest BCUT2D eigenvalue weighted by Gasteiger charge is 2.53. The number of hydrogen-bond donors (Lipinski definition) is 6. The number of ether oxygens (including phenoxy) is 1. The number of carbonyl (C=O) groups excluding carboxylic acids is 1. The standard InChI is InChI=1S/C61H71F4N5O7/c1-7-21-69(22-8-2)58(72)51-24-38(5)25-52(60(75)76)54(51)61(37-68-39(6)35-71,57(66)53(44-27-46(62)31-47(63)28-44)45-29-48(64)32-49(65)30-45)70(23-9-3)55-50(59(73)74)20-19-43(56(55)77-36-41-15-12-11-13-16-41)34-67-33-42-18-14-17-40(10-4)26-42/h11-20,24-32,39,53,57,67-68,71H,7-10,21-23,33-37,66H2,1-6H3,(H,73,74)(H,75,76)/t39-,57-,61-/m0/s1. The number of carboxylic acids is 2. The maximum atomic E-state index is 15.8. The van der Waals surface area contributed by atoms with Gasteiger partial charge < -0.3 is 46.2 Å². The molecule has 0 spiro atoms. The quantitative estimate of drug-likeness (QED) is 0.0258. The Morgan fingerprint density at radius 2 is 1.23 bits per heavy atom. The van der Waals surface area contributed by atoms with Crippen LogP contribution in [0, 0.1) is 30.2 Å². The summed E-state index contributed by atoms with van der Waals surface area (Å²) in [5.74, 6) is -9.50. The number of hydrogen-bond acceptors (Lipinski definition) is 9. The molecule has 410 valence electrons. The minimum atomic E-state index is -2.34. The number of aliphatic hydroxyl groups excluding tert-OH is 1. The molecule has 77 heavy (non-hydrogen) atoms. The Morgan fingerprint density at radius 3 is 1.78 bits per heavy atom. The second-order valence-corrected chi connectivity index (χ2v) is 19.6. The zero-order valence-electron chi connectivity index (χ0n) is 44.6. The largest absolute Gasteiger partial charge is 0.486 e. The van der Waals surface area contributed by atoms with Crippen molar-refractivity contribution in [2.24, 2.45) is 5.73 Å².